The Labute approximate surface area is 163 Å². The summed E-state index contributed by atoms with van der Waals surface area (Å²) in [7, 11) is 0. The first kappa shape index (κ1) is 19.7. The molecule has 0 aliphatic carbocycles. The van der Waals surface area contributed by atoms with Gasteiger partial charge in [-0.05, 0) is 42.3 Å². The molecule has 6 nitrogen and oxygen atoms in total. The molecule has 1 aliphatic rings. The Morgan fingerprint density at radius 2 is 2.26 bits per heavy atom. The molecule has 7 heteroatoms. The fraction of sp³-hybridized carbons (Fsp3) is 0.450. The fourth-order valence-electron chi connectivity index (χ4n) is 3.03. The van der Waals surface area contributed by atoms with Gasteiger partial charge < -0.3 is 24.6 Å². The second-order valence-electron chi connectivity index (χ2n) is 7.02. The number of fused-ring (bicyclic) bond motifs is 1. The van der Waals surface area contributed by atoms with E-state index in [0.717, 1.165) is 23.3 Å². The summed E-state index contributed by atoms with van der Waals surface area (Å²) in [6.07, 6.45) is 0.522. The first-order valence-electron chi connectivity index (χ1n) is 8.93. The molecular formula is C20H25NO5S. The van der Waals surface area contributed by atoms with Crippen molar-refractivity contribution in [2.45, 2.75) is 32.0 Å². The van der Waals surface area contributed by atoms with Crippen LogP contribution in [-0.2, 0) is 16.0 Å². The Balaban J connectivity index is 1.52. The Morgan fingerprint density at radius 3 is 3.00 bits per heavy atom. The molecule has 2 aromatic rings. The number of ether oxygens (including phenoxy) is 3. The number of carbonyl (C=O) groups is 1. The average Bonchev–Trinajstić information content (AvgIpc) is 3.26. The van der Waals surface area contributed by atoms with Crippen LogP contribution in [0.3, 0.4) is 0 Å². The van der Waals surface area contributed by atoms with Crippen molar-refractivity contribution in [3.05, 3.63) is 46.2 Å². The van der Waals surface area contributed by atoms with E-state index < -0.39 is 0 Å². The van der Waals surface area contributed by atoms with Crippen LogP contribution in [0.5, 0.6) is 11.5 Å². The summed E-state index contributed by atoms with van der Waals surface area (Å²) in [6.45, 7) is 4.43. The fourth-order valence-corrected chi connectivity index (χ4v) is 3.73. The van der Waals surface area contributed by atoms with Crippen molar-refractivity contribution in [2.24, 2.45) is 0 Å². The third-order valence-electron chi connectivity index (χ3n) is 4.22. The first-order valence-corrected chi connectivity index (χ1v) is 9.88. The van der Waals surface area contributed by atoms with Gasteiger partial charge in [0.1, 0.15) is 11.7 Å². The minimum absolute atomic E-state index is 0.0623. The zero-order valence-corrected chi connectivity index (χ0v) is 16.4. The van der Waals surface area contributed by atoms with Crippen molar-refractivity contribution in [3.8, 4) is 11.5 Å². The summed E-state index contributed by atoms with van der Waals surface area (Å²) in [6, 6.07) is 7.68. The Bertz CT molecular complexity index is 760. The summed E-state index contributed by atoms with van der Waals surface area (Å²) in [5, 5.41) is 15.7. The predicted molar refractivity (Wildman–Crippen MR) is 103 cm³/mol. The van der Waals surface area contributed by atoms with Crippen LogP contribution in [0, 0.1) is 0 Å². The molecule has 1 atom stereocenters. The normalized spacial score (nSPS) is 15.7. The number of rotatable bonds is 9. The molecule has 1 amide bonds. The molecule has 146 valence electrons. The number of aliphatic hydroxyl groups excluding tert-OH is 1. The van der Waals surface area contributed by atoms with Gasteiger partial charge in [0.05, 0.1) is 13.2 Å². The van der Waals surface area contributed by atoms with Crippen LogP contribution in [-0.4, -0.2) is 43.0 Å². The van der Waals surface area contributed by atoms with Crippen molar-refractivity contribution < 1.29 is 24.1 Å². The molecule has 1 aromatic carbocycles. The summed E-state index contributed by atoms with van der Waals surface area (Å²) >= 11 is 1.56. The highest BCUT2D eigenvalue weighted by molar-refractivity contribution is 7.07. The van der Waals surface area contributed by atoms with Crippen molar-refractivity contribution >= 4 is 17.2 Å². The molecule has 3 rings (SSSR count). The monoisotopic (exact) mass is 391 g/mol. The van der Waals surface area contributed by atoms with Crippen LogP contribution in [0.4, 0.5) is 0 Å². The second-order valence-corrected chi connectivity index (χ2v) is 7.80. The Morgan fingerprint density at radius 1 is 1.41 bits per heavy atom. The third kappa shape index (κ3) is 5.22. The van der Waals surface area contributed by atoms with Crippen molar-refractivity contribution in [2.75, 3.05) is 26.4 Å². The van der Waals surface area contributed by atoms with Crippen molar-refractivity contribution in [1.29, 1.82) is 0 Å². The van der Waals surface area contributed by atoms with Gasteiger partial charge in [0, 0.05) is 18.5 Å². The van der Waals surface area contributed by atoms with E-state index in [1.165, 1.54) is 0 Å². The summed E-state index contributed by atoms with van der Waals surface area (Å²) in [4.78, 5) is 12.2. The summed E-state index contributed by atoms with van der Waals surface area (Å²) < 4.78 is 17.3. The highest BCUT2D eigenvalue weighted by Gasteiger charge is 2.32. The van der Waals surface area contributed by atoms with E-state index in [1.807, 2.05) is 48.9 Å². The van der Waals surface area contributed by atoms with Crippen molar-refractivity contribution in [1.82, 2.24) is 5.32 Å². The van der Waals surface area contributed by atoms with Crippen LogP contribution in [0.1, 0.15) is 31.1 Å². The van der Waals surface area contributed by atoms with E-state index in [0.29, 0.717) is 12.3 Å². The first-order chi connectivity index (χ1) is 13.0. The van der Waals surface area contributed by atoms with Gasteiger partial charge in [-0.25, -0.2) is 0 Å². The van der Waals surface area contributed by atoms with E-state index in [4.69, 9.17) is 19.3 Å². The predicted octanol–water partition coefficient (Wildman–Crippen LogP) is 2.71. The number of nitrogens with one attached hydrogen (secondary N) is 1. The van der Waals surface area contributed by atoms with Crippen molar-refractivity contribution in [3.63, 3.8) is 0 Å². The molecule has 0 fully saturated rings. The van der Waals surface area contributed by atoms with Crippen LogP contribution in [0.2, 0.25) is 0 Å². The summed E-state index contributed by atoms with van der Waals surface area (Å²) in [5.74, 6) is 1.06. The Kier molecular flexibility index (Phi) is 6.36. The third-order valence-corrected chi connectivity index (χ3v) is 4.93. The molecule has 2 N–H and O–H groups in total. The van der Waals surface area contributed by atoms with Gasteiger partial charge >= 0.3 is 0 Å². The molecule has 0 bridgehead atoms. The maximum absolute atomic E-state index is 12.2. The van der Waals surface area contributed by atoms with Gasteiger partial charge in [-0.1, -0.05) is 12.1 Å². The lowest BCUT2D eigenvalue weighted by molar-refractivity contribution is -0.123. The van der Waals surface area contributed by atoms with Gasteiger partial charge in [0.25, 0.3) is 5.91 Å². The van der Waals surface area contributed by atoms with E-state index in [9.17, 15) is 4.79 Å². The maximum Gasteiger partial charge on any atom is 0.258 e. The highest BCUT2D eigenvalue weighted by Crippen LogP contribution is 2.41. The zero-order valence-electron chi connectivity index (χ0n) is 15.6. The molecule has 0 saturated carbocycles. The maximum atomic E-state index is 12.2. The lowest BCUT2D eigenvalue weighted by Crippen LogP contribution is -2.33. The smallest absolute Gasteiger partial charge is 0.258 e. The number of benzene rings is 1. The van der Waals surface area contributed by atoms with E-state index >= 15 is 0 Å². The van der Waals surface area contributed by atoms with E-state index in [-0.39, 0.29) is 37.4 Å². The minimum atomic E-state index is -0.294. The lowest BCUT2D eigenvalue weighted by Gasteiger charge is -2.19. The molecule has 27 heavy (non-hydrogen) atoms. The largest absolute Gasteiger partial charge is 0.483 e. The van der Waals surface area contributed by atoms with Crippen LogP contribution in [0.25, 0.3) is 0 Å². The number of carbonyl (C=O) groups excluding carboxylic acids is 1. The highest BCUT2D eigenvalue weighted by atomic mass is 32.1. The number of aliphatic hydroxyl groups is 1. The molecule has 2 heterocycles. The molecule has 0 saturated heterocycles. The van der Waals surface area contributed by atoms with E-state index in [2.05, 4.69) is 5.32 Å². The van der Waals surface area contributed by atoms with Gasteiger partial charge in [-0.2, -0.15) is 11.3 Å². The molecule has 0 spiro atoms. The molecular weight excluding hydrogens is 366 g/mol. The van der Waals surface area contributed by atoms with Crippen LogP contribution in [0.15, 0.2) is 35.0 Å². The van der Waals surface area contributed by atoms with E-state index in [1.54, 1.807) is 11.3 Å². The number of hydrogen-bond acceptors (Lipinski definition) is 6. The standard InChI is InChI=1S/C20H25NO5S/c1-20(2)10-14-4-3-5-16(19(14)26-20)25-12-18(23)21-11-17(24-8-7-22)15-6-9-27-13-15/h3-6,9,13,17,22H,7-8,10-12H2,1-2H3,(H,21,23). The zero-order chi connectivity index (χ0) is 19.3. The SMILES string of the molecule is CC1(C)Cc2cccc(OCC(=O)NCC(OCCO)c3ccsc3)c2O1. The van der Waals surface area contributed by atoms with Gasteiger partial charge in [0.2, 0.25) is 0 Å². The lowest BCUT2D eigenvalue weighted by atomic mass is 10.0. The quantitative estimate of drug-likeness (QED) is 0.687. The Hall–Kier alpha value is -2.09. The average molecular weight is 391 g/mol. The number of para-hydroxylation sites is 1. The molecule has 1 aromatic heterocycles. The number of amides is 1. The molecule has 1 aliphatic heterocycles. The number of hydrogen-bond donors (Lipinski definition) is 2. The second kappa shape index (κ2) is 8.73. The summed E-state index contributed by atoms with van der Waals surface area (Å²) in [5.41, 5.74) is 1.81. The minimum Gasteiger partial charge on any atom is -0.483 e. The number of thiophene rings is 1. The van der Waals surface area contributed by atoms with Gasteiger partial charge in [-0.3, -0.25) is 4.79 Å². The van der Waals surface area contributed by atoms with Gasteiger partial charge in [0.15, 0.2) is 18.1 Å². The topological polar surface area (TPSA) is 77.0 Å². The van der Waals surface area contributed by atoms with Crippen LogP contribution < -0.4 is 14.8 Å². The van der Waals surface area contributed by atoms with Crippen LogP contribution >= 0.6 is 11.3 Å². The molecule has 1 unspecified atom stereocenters. The molecule has 0 radical (unpaired) electrons. The van der Waals surface area contributed by atoms with Gasteiger partial charge in [-0.15, -0.1) is 0 Å².